The molecule has 0 aliphatic carbocycles. The summed E-state index contributed by atoms with van der Waals surface area (Å²) in [6.45, 7) is -1.08. The zero-order valence-corrected chi connectivity index (χ0v) is 8.54. The first kappa shape index (κ1) is 13.2. The summed E-state index contributed by atoms with van der Waals surface area (Å²) < 4.78 is 63.1. The summed E-state index contributed by atoms with van der Waals surface area (Å²) in [7, 11) is 0. The lowest BCUT2D eigenvalue weighted by Gasteiger charge is -2.16. The molecule has 0 bridgehead atoms. The summed E-state index contributed by atoms with van der Waals surface area (Å²) in [4.78, 5) is 0. The van der Waals surface area contributed by atoms with Crippen LogP contribution < -0.4 is 5.73 Å². The van der Waals surface area contributed by atoms with E-state index in [9.17, 15) is 22.0 Å². The average Bonchev–Trinajstić information content (AvgIpc) is 2.15. The molecule has 0 amide bonds. The topological polar surface area (TPSA) is 26.0 Å². The zero-order valence-electron chi connectivity index (χ0n) is 7.78. The van der Waals surface area contributed by atoms with Crippen molar-refractivity contribution in [2.75, 3.05) is 6.54 Å². The smallest absolute Gasteiger partial charge is 0.325 e. The van der Waals surface area contributed by atoms with Crippen LogP contribution in [0.3, 0.4) is 0 Å². The van der Waals surface area contributed by atoms with Crippen LogP contribution >= 0.6 is 11.6 Å². The molecule has 0 unspecified atom stereocenters. The van der Waals surface area contributed by atoms with E-state index in [1.165, 1.54) is 0 Å². The molecule has 1 aromatic carbocycles. The Morgan fingerprint density at radius 3 is 1.94 bits per heavy atom. The Morgan fingerprint density at radius 2 is 1.50 bits per heavy atom. The summed E-state index contributed by atoms with van der Waals surface area (Å²) >= 11 is 5.34. The summed E-state index contributed by atoms with van der Waals surface area (Å²) in [5, 5.41) is -0.405. The Kier molecular flexibility index (Phi) is 3.44. The fourth-order valence-electron chi connectivity index (χ4n) is 1.08. The summed E-state index contributed by atoms with van der Waals surface area (Å²) in [5.41, 5.74) is 2.72. The fraction of sp³-hybridized carbons (Fsp3) is 0.333. The zero-order chi connectivity index (χ0) is 12.6. The van der Waals surface area contributed by atoms with E-state index in [0.717, 1.165) is 6.07 Å². The van der Waals surface area contributed by atoms with E-state index in [1.54, 1.807) is 0 Å². The Bertz CT molecular complexity index is 388. The predicted molar refractivity (Wildman–Crippen MR) is 49.4 cm³/mol. The SMILES string of the molecule is NCC(F)(F)c1cc(Cl)cc(C(F)(F)F)c1. The maximum atomic E-state index is 13.1. The Labute approximate surface area is 93.0 Å². The molecule has 1 rings (SSSR count). The molecule has 0 aliphatic rings. The molecule has 0 aliphatic heterocycles. The van der Waals surface area contributed by atoms with Crippen LogP contribution in [-0.2, 0) is 12.1 Å². The highest BCUT2D eigenvalue weighted by atomic mass is 35.5. The minimum Gasteiger partial charge on any atom is -0.325 e. The average molecular weight is 260 g/mol. The van der Waals surface area contributed by atoms with Crippen molar-refractivity contribution in [1.82, 2.24) is 0 Å². The molecule has 7 heteroatoms. The second-order valence-corrected chi connectivity index (χ2v) is 3.57. The maximum absolute atomic E-state index is 13.1. The van der Waals surface area contributed by atoms with Gasteiger partial charge in [-0.25, -0.2) is 0 Å². The van der Waals surface area contributed by atoms with Crippen molar-refractivity contribution in [2.24, 2.45) is 5.73 Å². The molecule has 1 aromatic rings. The van der Waals surface area contributed by atoms with Gasteiger partial charge in [0.2, 0.25) is 0 Å². The van der Waals surface area contributed by atoms with Crippen LogP contribution in [0.1, 0.15) is 11.1 Å². The molecule has 0 spiro atoms. The first-order chi connectivity index (χ1) is 7.16. The van der Waals surface area contributed by atoms with Crippen molar-refractivity contribution >= 4 is 11.6 Å². The third-order valence-corrected chi connectivity index (χ3v) is 2.12. The molecule has 2 N–H and O–H groups in total. The lowest BCUT2D eigenvalue weighted by atomic mass is 10.0. The van der Waals surface area contributed by atoms with E-state index in [1.807, 2.05) is 0 Å². The molecular formula is C9H7ClF5N. The monoisotopic (exact) mass is 259 g/mol. The van der Waals surface area contributed by atoms with Crippen LogP contribution in [0.5, 0.6) is 0 Å². The van der Waals surface area contributed by atoms with E-state index >= 15 is 0 Å². The molecule has 16 heavy (non-hydrogen) atoms. The third kappa shape index (κ3) is 2.82. The Morgan fingerprint density at radius 1 is 1.00 bits per heavy atom. The number of rotatable bonds is 2. The van der Waals surface area contributed by atoms with Crippen LogP contribution in [0.4, 0.5) is 22.0 Å². The maximum Gasteiger partial charge on any atom is 0.416 e. The second-order valence-electron chi connectivity index (χ2n) is 3.13. The van der Waals surface area contributed by atoms with Crippen molar-refractivity contribution in [1.29, 1.82) is 0 Å². The molecule has 0 saturated carbocycles. The molecular weight excluding hydrogens is 253 g/mol. The third-order valence-electron chi connectivity index (χ3n) is 1.90. The highest BCUT2D eigenvalue weighted by molar-refractivity contribution is 6.30. The molecule has 0 radical (unpaired) electrons. The van der Waals surface area contributed by atoms with Crippen LogP contribution in [0.25, 0.3) is 0 Å². The van der Waals surface area contributed by atoms with Gasteiger partial charge in [-0.1, -0.05) is 11.6 Å². The van der Waals surface area contributed by atoms with Crippen LogP contribution in [0.15, 0.2) is 18.2 Å². The molecule has 0 fully saturated rings. The van der Waals surface area contributed by atoms with Gasteiger partial charge in [-0.2, -0.15) is 22.0 Å². The number of halogens is 6. The molecule has 0 aromatic heterocycles. The number of hydrogen-bond acceptors (Lipinski definition) is 1. The van der Waals surface area contributed by atoms with Gasteiger partial charge in [-0.15, -0.1) is 0 Å². The fourth-order valence-corrected chi connectivity index (χ4v) is 1.32. The second kappa shape index (κ2) is 4.18. The van der Waals surface area contributed by atoms with E-state index < -0.39 is 34.8 Å². The van der Waals surface area contributed by atoms with Gasteiger partial charge in [0.15, 0.2) is 0 Å². The first-order valence-electron chi connectivity index (χ1n) is 4.13. The van der Waals surface area contributed by atoms with Crippen molar-refractivity contribution in [3.8, 4) is 0 Å². The van der Waals surface area contributed by atoms with E-state index in [2.05, 4.69) is 0 Å². The molecule has 90 valence electrons. The minimum atomic E-state index is -4.72. The number of hydrogen-bond donors (Lipinski definition) is 1. The van der Waals surface area contributed by atoms with E-state index in [-0.39, 0.29) is 0 Å². The normalized spacial score (nSPS) is 12.9. The van der Waals surface area contributed by atoms with Gasteiger partial charge in [0.05, 0.1) is 12.1 Å². The van der Waals surface area contributed by atoms with Gasteiger partial charge < -0.3 is 5.73 Å². The van der Waals surface area contributed by atoms with Gasteiger partial charge in [0.1, 0.15) is 0 Å². The van der Waals surface area contributed by atoms with E-state index in [4.69, 9.17) is 17.3 Å². The molecule has 1 nitrogen and oxygen atoms in total. The van der Waals surface area contributed by atoms with Crippen molar-refractivity contribution in [3.05, 3.63) is 34.3 Å². The lowest BCUT2D eigenvalue weighted by Crippen LogP contribution is -2.25. The predicted octanol–water partition coefficient (Wildman–Crippen LogP) is 3.41. The number of benzene rings is 1. The van der Waals surface area contributed by atoms with Crippen molar-refractivity contribution < 1.29 is 22.0 Å². The highest BCUT2D eigenvalue weighted by Gasteiger charge is 2.35. The summed E-state index contributed by atoms with van der Waals surface area (Å²) in [6, 6.07) is 1.69. The lowest BCUT2D eigenvalue weighted by molar-refractivity contribution is -0.137. The van der Waals surface area contributed by atoms with Gasteiger partial charge in [0.25, 0.3) is 5.92 Å². The Balaban J connectivity index is 3.29. The molecule has 0 atom stereocenters. The summed E-state index contributed by atoms with van der Waals surface area (Å²) in [5.74, 6) is -3.52. The number of nitrogens with two attached hydrogens (primary N) is 1. The quantitative estimate of drug-likeness (QED) is 0.810. The van der Waals surface area contributed by atoms with Crippen molar-refractivity contribution in [3.63, 3.8) is 0 Å². The van der Waals surface area contributed by atoms with Gasteiger partial charge in [-0.3, -0.25) is 0 Å². The van der Waals surface area contributed by atoms with Gasteiger partial charge in [0, 0.05) is 10.6 Å². The Hall–Kier alpha value is -0.880. The van der Waals surface area contributed by atoms with E-state index in [0.29, 0.717) is 12.1 Å². The minimum absolute atomic E-state index is 0.346. The highest BCUT2D eigenvalue weighted by Crippen LogP contribution is 2.36. The van der Waals surface area contributed by atoms with Crippen molar-refractivity contribution in [2.45, 2.75) is 12.1 Å². The first-order valence-corrected chi connectivity index (χ1v) is 4.51. The summed E-state index contributed by atoms with van der Waals surface area (Å²) in [6.07, 6.45) is -4.72. The van der Waals surface area contributed by atoms with Crippen LogP contribution in [0.2, 0.25) is 5.02 Å². The number of alkyl halides is 5. The largest absolute Gasteiger partial charge is 0.416 e. The molecule has 0 saturated heterocycles. The van der Waals surface area contributed by atoms with Gasteiger partial charge in [-0.05, 0) is 18.2 Å². The van der Waals surface area contributed by atoms with Crippen LogP contribution in [-0.4, -0.2) is 6.54 Å². The van der Waals surface area contributed by atoms with Gasteiger partial charge >= 0.3 is 6.18 Å². The standard InChI is InChI=1S/C9H7ClF5N/c10-7-2-5(8(11,12)4-16)1-6(3-7)9(13,14)15/h1-3H,4,16H2. The molecule has 0 heterocycles. The van der Waals surface area contributed by atoms with Crippen LogP contribution in [0, 0.1) is 0 Å².